The van der Waals surface area contributed by atoms with Crippen LogP contribution in [0.1, 0.15) is 50.7 Å². The van der Waals surface area contributed by atoms with Gasteiger partial charge in [-0.25, -0.2) is 0 Å². The van der Waals surface area contributed by atoms with Crippen molar-refractivity contribution in [1.82, 2.24) is 5.32 Å². The fraction of sp³-hybridized carbons (Fsp3) is 0.750. The summed E-state index contributed by atoms with van der Waals surface area (Å²) in [5.74, 6) is 1.91. The van der Waals surface area contributed by atoms with Crippen molar-refractivity contribution >= 4 is 0 Å². The van der Waals surface area contributed by atoms with Crippen LogP contribution in [0.3, 0.4) is 0 Å². The topological polar surface area (TPSA) is 43.6 Å². The van der Waals surface area contributed by atoms with Gasteiger partial charge in [-0.2, -0.15) is 0 Å². The molecule has 1 saturated heterocycles. The maximum absolute atomic E-state index is 5.76. The van der Waals surface area contributed by atoms with Gasteiger partial charge >= 0.3 is 0 Å². The van der Waals surface area contributed by atoms with Gasteiger partial charge in [-0.15, -0.1) is 0 Å². The zero-order chi connectivity index (χ0) is 14.6. The van der Waals surface area contributed by atoms with Crippen LogP contribution in [0.5, 0.6) is 0 Å². The molecule has 2 rings (SSSR count). The van der Waals surface area contributed by atoms with Crippen LogP contribution in [0.4, 0.5) is 0 Å². The minimum absolute atomic E-state index is 0.0944. The van der Waals surface area contributed by atoms with Crippen LogP contribution >= 0.6 is 0 Å². The Kier molecular flexibility index (Phi) is 5.24. The van der Waals surface area contributed by atoms with Crippen molar-refractivity contribution in [3.63, 3.8) is 0 Å². The van der Waals surface area contributed by atoms with Crippen LogP contribution in [-0.4, -0.2) is 24.9 Å². The van der Waals surface area contributed by atoms with E-state index in [4.69, 9.17) is 13.9 Å². The van der Waals surface area contributed by atoms with Crippen molar-refractivity contribution in [1.29, 1.82) is 0 Å². The summed E-state index contributed by atoms with van der Waals surface area (Å²) in [4.78, 5) is 0. The number of rotatable bonds is 6. The van der Waals surface area contributed by atoms with Crippen LogP contribution in [0, 0.1) is 6.92 Å². The van der Waals surface area contributed by atoms with Gasteiger partial charge in [0.1, 0.15) is 11.5 Å². The second-order valence-corrected chi connectivity index (χ2v) is 6.55. The molecule has 1 atom stereocenters. The van der Waals surface area contributed by atoms with E-state index in [-0.39, 0.29) is 11.6 Å². The highest BCUT2D eigenvalue weighted by Crippen LogP contribution is 2.18. The summed E-state index contributed by atoms with van der Waals surface area (Å²) in [6.07, 6.45) is 2.55. The minimum Gasteiger partial charge on any atom is -0.465 e. The van der Waals surface area contributed by atoms with Gasteiger partial charge in [0.15, 0.2) is 0 Å². The SMILES string of the molecule is Cc1oc(CNC(C)(C)C)cc1COCC1CCCO1. The Hall–Kier alpha value is -0.840. The van der Waals surface area contributed by atoms with Gasteiger partial charge in [0.05, 0.1) is 25.9 Å². The molecule has 1 aromatic heterocycles. The van der Waals surface area contributed by atoms with Crippen LogP contribution in [0.15, 0.2) is 10.5 Å². The highest BCUT2D eigenvalue weighted by molar-refractivity contribution is 5.20. The van der Waals surface area contributed by atoms with Crippen LogP contribution in [0.25, 0.3) is 0 Å². The normalized spacial score (nSPS) is 19.7. The average Bonchev–Trinajstić information content (AvgIpc) is 2.97. The third kappa shape index (κ3) is 4.93. The quantitative estimate of drug-likeness (QED) is 0.870. The van der Waals surface area contributed by atoms with E-state index in [1.807, 2.05) is 6.92 Å². The highest BCUT2D eigenvalue weighted by atomic mass is 16.5. The number of hydrogen-bond donors (Lipinski definition) is 1. The van der Waals surface area contributed by atoms with Crippen molar-refractivity contribution in [3.8, 4) is 0 Å². The van der Waals surface area contributed by atoms with Crippen LogP contribution < -0.4 is 5.32 Å². The third-order valence-electron chi connectivity index (χ3n) is 3.45. The first-order chi connectivity index (χ1) is 9.44. The third-order valence-corrected chi connectivity index (χ3v) is 3.45. The molecule has 0 saturated carbocycles. The van der Waals surface area contributed by atoms with Gasteiger partial charge in [0.25, 0.3) is 0 Å². The summed E-state index contributed by atoms with van der Waals surface area (Å²) < 4.78 is 17.0. The lowest BCUT2D eigenvalue weighted by atomic mass is 10.1. The summed E-state index contributed by atoms with van der Waals surface area (Å²) in [5, 5.41) is 3.42. The standard InChI is InChI=1S/C16H27NO3/c1-12-13(10-18-11-14-6-5-7-19-14)8-15(20-12)9-17-16(2,3)4/h8,14,17H,5-7,9-11H2,1-4H3. The Morgan fingerprint density at radius 2 is 2.20 bits per heavy atom. The maximum Gasteiger partial charge on any atom is 0.118 e. The van der Waals surface area contributed by atoms with Gasteiger partial charge in [-0.05, 0) is 46.6 Å². The van der Waals surface area contributed by atoms with E-state index < -0.39 is 0 Å². The molecule has 0 aromatic carbocycles. The Morgan fingerprint density at radius 3 is 2.85 bits per heavy atom. The predicted octanol–water partition coefficient (Wildman–Crippen LogP) is 3.17. The molecule has 0 radical (unpaired) electrons. The maximum atomic E-state index is 5.76. The number of furan rings is 1. The summed E-state index contributed by atoms with van der Waals surface area (Å²) >= 11 is 0. The number of hydrogen-bond acceptors (Lipinski definition) is 4. The Morgan fingerprint density at radius 1 is 1.40 bits per heavy atom. The molecule has 0 amide bonds. The molecule has 0 bridgehead atoms. The van der Waals surface area contributed by atoms with Crippen molar-refractivity contribution in [2.75, 3.05) is 13.2 Å². The molecular formula is C16H27NO3. The number of nitrogens with one attached hydrogen (secondary N) is 1. The highest BCUT2D eigenvalue weighted by Gasteiger charge is 2.16. The van der Waals surface area contributed by atoms with E-state index in [9.17, 15) is 0 Å². The monoisotopic (exact) mass is 281 g/mol. The van der Waals surface area contributed by atoms with Gasteiger partial charge in [-0.1, -0.05) is 0 Å². The lowest BCUT2D eigenvalue weighted by Gasteiger charge is -2.19. The summed E-state index contributed by atoms with van der Waals surface area (Å²) in [6, 6.07) is 2.09. The molecule has 0 aliphatic carbocycles. The molecule has 1 aliphatic heterocycles. The Labute approximate surface area is 121 Å². The second kappa shape index (κ2) is 6.74. The minimum atomic E-state index is 0.0944. The van der Waals surface area contributed by atoms with Gasteiger partial charge in [0.2, 0.25) is 0 Å². The van der Waals surface area contributed by atoms with Gasteiger partial charge < -0.3 is 19.2 Å². The molecule has 0 spiro atoms. The van der Waals surface area contributed by atoms with Crippen molar-refractivity contribution in [2.45, 2.75) is 65.3 Å². The molecule has 1 unspecified atom stereocenters. The summed E-state index contributed by atoms with van der Waals surface area (Å²) in [6.45, 7) is 11.3. The summed E-state index contributed by atoms with van der Waals surface area (Å²) in [5.41, 5.74) is 1.23. The zero-order valence-corrected chi connectivity index (χ0v) is 13.1. The molecule has 4 heteroatoms. The van der Waals surface area contributed by atoms with E-state index in [0.717, 1.165) is 43.1 Å². The van der Waals surface area contributed by atoms with Crippen molar-refractivity contribution in [3.05, 3.63) is 23.2 Å². The number of ether oxygens (including phenoxy) is 2. The average molecular weight is 281 g/mol. The first kappa shape index (κ1) is 15.5. The predicted molar refractivity (Wildman–Crippen MR) is 78.7 cm³/mol. The first-order valence-electron chi connectivity index (χ1n) is 7.46. The van der Waals surface area contributed by atoms with E-state index in [1.54, 1.807) is 0 Å². The number of aryl methyl sites for hydroxylation is 1. The van der Waals surface area contributed by atoms with Gasteiger partial charge in [-0.3, -0.25) is 0 Å². The lowest BCUT2D eigenvalue weighted by Crippen LogP contribution is -2.34. The lowest BCUT2D eigenvalue weighted by molar-refractivity contribution is 0.0103. The molecule has 1 aromatic rings. The fourth-order valence-corrected chi connectivity index (χ4v) is 2.25. The molecule has 114 valence electrons. The van der Waals surface area contributed by atoms with E-state index >= 15 is 0 Å². The molecule has 2 heterocycles. The second-order valence-electron chi connectivity index (χ2n) is 6.55. The van der Waals surface area contributed by atoms with E-state index in [1.165, 1.54) is 0 Å². The van der Waals surface area contributed by atoms with E-state index in [2.05, 4.69) is 32.2 Å². The fourth-order valence-electron chi connectivity index (χ4n) is 2.25. The van der Waals surface area contributed by atoms with Gasteiger partial charge in [0, 0.05) is 17.7 Å². The largest absolute Gasteiger partial charge is 0.465 e. The van der Waals surface area contributed by atoms with Crippen LogP contribution in [-0.2, 0) is 22.6 Å². The van der Waals surface area contributed by atoms with E-state index in [0.29, 0.717) is 13.2 Å². The first-order valence-corrected chi connectivity index (χ1v) is 7.46. The van der Waals surface area contributed by atoms with Crippen molar-refractivity contribution < 1.29 is 13.9 Å². The van der Waals surface area contributed by atoms with Crippen molar-refractivity contribution in [2.24, 2.45) is 0 Å². The molecule has 20 heavy (non-hydrogen) atoms. The Bertz CT molecular complexity index is 414. The molecule has 4 nitrogen and oxygen atoms in total. The smallest absolute Gasteiger partial charge is 0.118 e. The molecule has 1 aliphatic rings. The molecule has 1 fully saturated rings. The van der Waals surface area contributed by atoms with Crippen LogP contribution in [0.2, 0.25) is 0 Å². The Balaban J connectivity index is 1.78. The zero-order valence-electron chi connectivity index (χ0n) is 13.1. The molecular weight excluding hydrogens is 254 g/mol. The summed E-state index contributed by atoms with van der Waals surface area (Å²) in [7, 11) is 0. The molecule has 1 N–H and O–H groups in total.